The summed E-state index contributed by atoms with van der Waals surface area (Å²) in [6.45, 7) is 10.4. The van der Waals surface area contributed by atoms with E-state index in [1.807, 2.05) is 0 Å². The van der Waals surface area contributed by atoms with Gasteiger partial charge in [0.05, 0.1) is 0 Å². The molecule has 1 saturated carbocycles. The molecule has 2 atom stereocenters. The van der Waals surface area contributed by atoms with Gasteiger partial charge in [0.1, 0.15) is 0 Å². The third-order valence-electron chi connectivity index (χ3n) is 3.28. The fourth-order valence-electron chi connectivity index (χ4n) is 1.87. The molecule has 0 spiro atoms. The van der Waals surface area contributed by atoms with Crippen molar-refractivity contribution in [2.45, 2.75) is 53.0 Å². The van der Waals surface area contributed by atoms with Crippen LogP contribution in [-0.2, 0) is 0 Å². The van der Waals surface area contributed by atoms with Gasteiger partial charge in [0, 0.05) is 6.04 Å². The molecule has 72 valence electrons. The molecule has 0 aliphatic heterocycles. The molecule has 1 rings (SSSR count). The van der Waals surface area contributed by atoms with Gasteiger partial charge in [-0.2, -0.15) is 0 Å². The second-order valence-electron chi connectivity index (χ2n) is 4.97. The van der Waals surface area contributed by atoms with Crippen molar-refractivity contribution in [2.24, 2.45) is 11.3 Å². The van der Waals surface area contributed by atoms with Crippen molar-refractivity contribution in [1.82, 2.24) is 5.32 Å². The summed E-state index contributed by atoms with van der Waals surface area (Å²) in [4.78, 5) is 0. The van der Waals surface area contributed by atoms with E-state index in [0.29, 0.717) is 11.5 Å². The van der Waals surface area contributed by atoms with E-state index in [9.17, 15) is 0 Å². The minimum absolute atomic E-state index is 0.648. The van der Waals surface area contributed by atoms with Gasteiger partial charge < -0.3 is 5.32 Å². The molecule has 12 heavy (non-hydrogen) atoms. The van der Waals surface area contributed by atoms with Crippen LogP contribution in [0.2, 0.25) is 0 Å². The van der Waals surface area contributed by atoms with E-state index in [1.165, 1.54) is 25.8 Å². The third kappa shape index (κ3) is 2.78. The Hall–Kier alpha value is -0.0400. The van der Waals surface area contributed by atoms with Gasteiger partial charge in [0.15, 0.2) is 0 Å². The summed E-state index contributed by atoms with van der Waals surface area (Å²) >= 11 is 0. The van der Waals surface area contributed by atoms with Crippen molar-refractivity contribution in [3.05, 3.63) is 0 Å². The van der Waals surface area contributed by atoms with Gasteiger partial charge in [-0.15, -0.1) is 0 Å². The highest BCUT2D eigenvalue weighted by molar-refractivity contribution is 4.95. The SMILES string of the molecule is CC(C)NCCC[C@@]1(C)CC1C. The first-order valence-corrected chi connectivity index (χ1v) is 5.28. The zero-order chi connectivity index (χ0) is 9.19. The molecular formula is C11H23N. The van der Waals surface area contributed by atoms with Gasteiger partial charge in [-0.05, 0) is 37.1 Å². The van der Waals surface area contributed by atoms with E-state index in [2.05, 4.69) is 33.0 Å². The standard InChI is InChI=1S/C11H23N/c1-9(2)12-7-5-6-11(4)8-10(11)3/h9-10,12H,5-8H2,1-4H3/t10?,11-/m0/s1. The molecule has 0 amide bonds. The van der Waals surface area contributed by atoms with Gasteiger partial charge in [0.2, 0.25) is 0 Å². The number of hydrogen-bond donors (Lipinski definition) is 1. The van der Waals surface area contributed by atoms with E-state index in [0.717, 1.165) is 5.92 Å². The summed E-state index contributed by atoms with van der Waals surface area (Å²) in [5.74, 6) is 0.983. The van der Waals surface area contributed by atoms with Crippen molar-refractivity contribution in [2.75, 3.05) is 6.54 Å². The van der Waals surface area contributed by atoms with E-state index in [-0.39, 0.29) is 0 Å². The van der Waals surface area contributed by atoms with Crippen LogP contribution in [0, 0.1) is 11.3 Å². The summed E-state index contributed by atoms with van der Waals surface area (Å²) in [5.41, 5.74) is 0.707. The molecule has 1 unspecified atom stereocenters. The van der Waals surface area contributed by atoms with Gasteiger partial charge in [-0.1, -0.05) is 27.7 Å². The molecule has 0 heterocycles. The summed E-state index contributed by atoms with van der Waals surface area (Å²) < 4.78 is 0. The third-order valence-corrected chi connectivity index (χ3v) is 3.28. The Balaban J connectivity index is 1.97. The molecule has 0 bridgehead atoms. The fraction of sp³-hybridized carbons (Fsp3) is 1.00. The highest BCUT2D eigenvalue weighted by Crippen LogP contribution is 2.54. The molecular weight excluding hydrogens is 146 g/mol. The summed E-state index contributed by atoms with van der Waals surface area (Å²) in [7, 11) is 0. The maximum Gasteiger partial charge on any atom is 0.00103 e. The lowest BCUT2D eigenvalue weighted by molar-refractivity contribution is 0.437. The predicted molar refractivity (Wildman–Crippen MR) is 54.3 cm³/mol. The average Bonchev–Trinajstić information content (AvgIpc) is 2.53. The quantitative estimate of drug-likeness (QED) is 0.624. The Labute approximate surface area is 76.9 Å². The Kier molecular flexibility index (Phi) is 3.16. The van der Waals surface area contributed by atoms with Gasteiger partial charge in [0.25, 0.3) is 0 Å². The van der Waals surface area contributed by atoms with Crippen LogP contribution in [0.1, 0.15) is 47.0 Å². The maximum atomic E-state index is 3.46. The lowest BCUT2D eigenvalue weighted by Crippen LogP contribution is -2.24. The van der Waals surface area contributed by atoms with E-state index in [4.69, 9.17) is 0 Å². The second-order valence-corrected chi connectivity index (χ2v) is 4.97. The van der Waals surface area contributed by atoms with Crippen molar-refractivity contribution in [3.63, 3.8) is 0 Å². The number of rotatable bonds is 5. The largest absolute Gasteiger partial charge is 0.315 e. The highest BCUT2D eigenvalue weighted by atomic mass is 14.9. The Morgan fingerprint density at radius 1 is 1.50 bits per heavy atom. The van der Waals surface area contributed by atoms with Gasteiger partial charge >= 0.3 is 0 Å². The van der Waals surface area contributed by atoms with Crippen molar-refractivity contribution >= 4 is 0 Å². The summed E-state index contributed by atoms with van der Waals surface area (Å²) in [5, 5.41) is 3.46. The fourth-order valence-corrected chi connectivity index (χ4v) is 1.87. The first-order valence-electron chi connectivity index (χ1n) is 5.28. The minimum atomic E-state index is 0.648. The van der Waals surface area contributed by atoms with Crippen LogP contribution < -0.4 is 5.32 Å². The molecule has 1 N–H and O–H groups in total. The van der Waals surface area contributed by atoms with E-state index in [1.54, 1.807) is 0 Å². The van der Waals surface area contributed by atoms with Crippen LogP contribution in [0.25, 0.3) is 0 Å². The van der Waals surface area contributed by atoms with Crippen molar-refractivity contribution in [1.29, 1.82) is 0 Å². The van der Waals surface area contributed by atoms with Gasteiger partial charge in [-0.3, -0.25) is 0 Å². The zero-order valence-electron chi connectivity index (χ0n) is 8.98. The lowest BCUT2D eigenvalue weighted by Gasteiger charge is -2.11. The molecule has 1 aliphatic carbocycles. The van der Waals surface area contributed by atoms with Crippen LogP contribution in [0.3, 0.4) is 0 Å². The molecule has 1 heteroatoms. The van der Waals surface area contributed by atoms with Crippen LogP contribution in [0.4, 0.5) is 0 Å². The predicted octanol–water partition coefficient (Wildman–Crippen LogP) is 2.81. The smallest absolute Gasteiger partial charge is 0.00103 e. The number of nitrogens with one attached hydrogen (secondary N) is 1. The van der Waals surface area contributed by atoms with Crippen molar-refractivity contribution < 1.29 is 0 Å². The number of hydrogen-bond acceptors (Lipinski definition) is 1. The summed E-state index contributed by atoms with van der Waals surface area (Å²) in [6, 6.07) is 0.648. The zero-order valence-corrected chi connectivity index (χ0v) is 8.98. The molecule has 1 fully saturated rings. The Morgan fingerprint density at radius 2 is 2.08 bits per heavy atom. The molecule has 0 saturated heterocycles. The van der Waals surface area contributed by atoms with Crippen LogP contribution in [0.15, 0.2) is 0 Å². The Bertz CT molecular complexity index is 142. The monoisotopic (exact) mass is 169 g/mol. The first-order chi connectivity index (χ1) is 5.54. The second kappa shape index (κ2) is 3.78. The molecule has 0 aromatic carbocycles. The topological polar surface area (TPSA) is 12.0 Å². The van der Waals surface area contributed by atoms with Crippen LogP contribution >= 0.6 is 0 Å². The highest BCUT2D eigenvalue weighted by Gasteiger charge is 2.45. The van der Waals surface area contributed by atoms with Crippen molar-refractivity contribution in [3.8, 4) is 0 Å². The summed E-state index contributed by atoms with van der Waals surface area (Å²) in [6.07, 6.45) is 4.21. The van der Waals surface area contributed by atoms with E-state index < -0.39 is 0 Å². The average molecular weight is 169 g/mol. The lowest BCUT2D eigenvalue weighted by atomic mass is 10.0. The minimum Gasteiger partial charge on any atom is -0.315 e. The van der Waals surface area contributed by atoms with E-state index >= 15 is 0 Å². The normalized spacial score (nSPS) is 34.2. The molecule has 1 aliphatic rings. The van der Waals surface area contributed by atoms with Crippen LogP contribution in [-0.4, -0.2) is 12.6 Å². The Morgan fingerprint density at radius 3 is 2.50 bits per heavy atom. The molecule has 1 nitrogen and oxygen atoms in total. The molecule has 0 radical (unpaired) electrons. The first kappa shape index (κ1) is 10.0. The van der Waals surface area contributed by atoms with Gasteiger partial charge in [-0.25, -0.2) is 0 Å². The molecule has 0 aromatic rings. The van der Waals surface area contributed by atoms with Crippen LogP contribution in [0.5, 0.6) is 0 Å². The molecule has 0 aromatic heterocycles. The maximum absolute atomic E-state index is 3.46.